The number of rotatable bonds is 2. The van der Waals surface area contributed by atoms with Crippen LogP contribution in [0.25, 0.3) is 33.3 Å². The van der Waals surface area contributed by atoms with Crippen LogP contribution in [0.5, 0.6) is 0 Å². The van der Waals surface area contributed by atoms with E-state index in [1.807, 2.05) is 61.5 Å². The zero-order valence-electron chi connectivity index (χ0n) is 13.3. The molecule has 0 aliphatic rings. The molecule has 0 fully saturated rings. The molecule has 2 aromatic heterocycles. The van der Waals surface area contributed by atoms with Crippen molar-refractivity contribution in [3.05, 3.63) is 89.9 Å². The highest BCUT2D eigenvalue weighted by molar-refractivity contribution is 5.99. The van der Waals surface area contributed by atoms with Crippen molar-refractivity contribution in [3.63, 3.8) is 0 Å². The van der Waals surface area contributed by atoms with Gasteiger partial charge in [-0.1, -0.05) is 48.5 Å². The highest BCUT2D eigenvalue weighted by atomic mass is 16.5. The summed E-state index contributed by atoms with van der Waals surface area (Å²) in [5.41, 5.74) is 5.30. The number of pyridine rings is 2. The van der Waals surface area contributed by atoms with E-state index in [-0.39, 0.29) is 0 Å². The summed E-state index contributed by atoms with van der Waals surface area (Å²) in [7, 11) is 0. The van der Waals surface area contributed by atoms with Gasteiger partial charge in [0.25, 0.3) is 0 Å². The maximum atomic E-state index is 12.5. The molecule has 2 heterocycles. The number of benzene rings is 2. The van der Waals surface area contributed by atoms with Crippen molar-refractivity contribution in [2.45, 2.75) is 6.92 Å². The molecule has 0 amide bonds. The van der Waals surface area contributed by atoms with Crippen LogP contribution in [0.1, 0.15) is 5.69 Å². The summed E-state index contributed by atoms with van der Waals surface area (Å²) >= 11 is 0. The van der Waals surface area contributed by atoms with Gasteiger partial charge in [-0.05, 0) is 36.2 Å². The van der Waals surface area contributed by atoms with Gasteiger partial charge in [0.2, 0.25) is 5.69 Å². The SMILES string of the molecule is Cc1cc(-c2ccccc2)c2cc[n+]([O-])c(-c3ccccc3)c2n1. The third kappa shape index (κ3) is 2.40. The van der Waals surface area contributed by atoms with Crippen molar-refractivity contribution in [1.29, 1.82) is 0 Å². The Kier molecular flexibility index (Phi) is 3.47. The Bertz CT molecular complexity index is 1010. The predicted molar refractivity (Wildman–Crippen MR) is 96.3 cm³/mol. The van der Waals surface area contributed by atoms with Crippen molar-refractivity contribution in [1.82, 2.24) is 4.98 Å². The number of nitrogens with zero attached hydrogens (tertiary/aromatic N) is 2. The van der Waals surface area contributed by atoms with Crippen molar-refractivity contribution < 1.29 is 4.73 Å². The van der Waals surface area contributed by atoms with E-state index in [1.54, 1.807) is 6.20 Å². The fourth-order valence-corrected chi connectivity index (χ4v) is 3.07. The molecule has 0 atom stereocenters. The molecule has 0 saturated heterocycles. The van der Waals surface area contributed by atoms with Crippen LogP contribution in [0.15, 0.2) is 79.0 Å². The topological polar surface area (TPSA) is 39.8 Å². The summed E-state index contributed by atoms with van der Waals surface area (Å²) in [6.07, 6.45) is 1.56. The molecular weight excluding hydrogens is 296 g/mol. The highest BCUT2D eigenvalue weighted by Crippen LogP contribution is 2.32. The average Bonchev–Trinajstić information content (AvgIpc) is 2.62. The molecule has 0 spiro atoms. The van der Waals surface area contributed by atoms with Crippen LogP contribution in [0.3, 0.4) is 0 Å². The lowest BCUT2D eigenvalue weighted by Crippen LogP contribution is -2.29. The van der Waals surface area contributed by atoms with Gasteiger partial charge in [-0.15, -0.1) is 0 Å². The number of aryl methyl sites for hydroxylation is 1. The highest BCUT2D eigenvalue weighted by Gasteiger charge is 2.18. The smallest absolute Gasteiger partial charge is 0.250 e. The van der Waals surface area contributed by atoms with Gasteiger partial charge in [-0.25, -0.2) is 4.98 Å². The molecule has 24 heavy (non-hydrogen) atoms. The molecule has 0 saturated carbocycles. The molecule has 116 valence electrons. The zero-order valence-corrected chi connectivity index (χ0v) is 13.3. The van der Waals surface area contributed by atoms with Gasteiger partial charge in [0.15, 0.2) is 6.20 Å². The van der Waals surface area contributed by atoms with E-state index in [0.29, 0.717) is 5.69 Å². The molecule has 2 aromatic carbocycles. The normalized spacial score (nSPS) is 10.9. The summed E-state index contributed by atoms with van der Waals surface area (Å²) in [4.78, 5) is 4.68. The van der Waals surface area contributed by atoms with Crippen LogP contribution in [-0.4, -0.2) is 4.98 Å². The Labute approximate surface area is 140 Å². The standard InChI is InChI=1S/C21H16N2O/c1-15-14-19(16-8-4-2-5-9-16)18-12-13-23(24)21(20(18)22-15)17-10-6-3-7-11-17/h2-14H,1H3. The molecule has 4 aromatic rings. The first kappa shape index (κ1) is 14.4. The fourth-order valence-electron chi connectivity index (χ4n) is 3.07. The Morgan fingerprint density at radius 1 is 0.833 bits per heavy atom. The van der Waals surface area contributed by atoms with E-state index >= 15 is 0 Å². The van der Waals surface area contributed by atoms with Crippen molar-refractivity contribution >= 4 is 10.9 Å². The minimum atomic E-state index is 0.592. The van der Waals surface area contributed by atoms with Crippen LogP contribution in [0.2, 0.25) is 0 Å². The second-order valence-electron chi connectivity index (χ2n) is 5.80. The molecule has 0 radical (unpaired) electrons. The van der Waals surface area contributed by atoms with Gasteiger partial charge >= 0.3 is 0 Å². The summed E-state index contributed by atoms with van der Waals surface area (Å²) in [5, 5.41) is 13.5. The Balaban J connectivity index is 2.09. The quantitative estimate of drug-likeness (QED) is 0.403. The first-order valence-electron chi connectivity index (χ1n) is 7.88. The molecule has 0 unspecified atom stereocenters. The van der Waals surface area contributed by atoms with E-state index in [9.17, 15) is 5.21 Å². The van der Waals surface area contributed by atoms with Crippen molar-refractivity contribution in [3.8, 4) is 22.4 Å². The number of fused-ring (bicyclic) bond motifs is 1. The van der Waals surface area contributed by atoms with Crippen molar-refractivity contribution in [2.24, 2.45) is 0 Å². The van der Waals surface area contributed by atoms with E-state index in [4.69, 9.17) is 0 Å². The monoisotopic (exact) mass is 312 g/mol. The lowest BCUT2D eigenvalue weighted by molar-refractivity contribution is -0.592. The zero-order chi connectivity index (χ0) is 16.5. The van der Waals surface area contributed by atoms with Crippen LogP contribution in [0.4, 0.5) is 0 Å². The average molecular weight is 312 g/mol. The molecule has 3 nitrogen and oxygen atoms in total. The van der Waals surface area contributed by atoms with Crippen molar-refractivity contribution in [2.75, 3.05) is 0 Å². The van der Waals surface area contributed by atoms with Crippen LogP contribution in [0, 0.1) is 12.1 Å². The molecule has 0 aliphatic carbocycles. The van der Waals surface area contributed by atoms with Crippen LogP contribution in [-0.2, 0) is 0 Å². The van der Waals surface area contributed by atoms with Gasteiger partial charge in [0, 0.05) is 22.7 Å². The van der Waals surface area contributed by atoms with Gasteiger partial charge in [0.1, 0.15) is 5.52 Å². The lowest BCUT2D eigenvalue weighted by Gasteiger charge is -2.12. The number of aromatic nitrogens is 2. The molecule has 0 N–H and O–H groups in total. The Hall–Kier alpha value is -3.20. The predicted octanol–water partition coefficient (Wildman–Crippen LogP) is 4.51. The molecule has 0 aliphatic heterocycles. The number of hydrogen-bond donors (Lipinski definition) is 0. The second-order valence-corrected chi connectivity index (χ2v) is 5.80. The molecular formula is C21H16N2O. The van der Waals surface area contributed by atoms with E-state index in [2.05, 4.69) is 23.2 Å². The van der Waals surface area contributed by atoms with Gasteiger partial charge in [-0.3, -0.25) is 0 Å². The van der Waals surface area contributed by atoms with E-state index in [1.165, 1.54) is 0 Å². The Morgan fingerprint density at radius 3 is 2.12 bits per heavy atom. The first-order chi connectivity index (χ1) is 11.7. The fraction of sp³-hybridized carbons (Fsp3) is 0.0476. The molecule has 3 heteroatoms. The molecule has 0 bridgehead atoms. The second kappa shape index (κ2) is 5.78. The minimum Gasteiger partial charge on any atom is -0.618 e. The maximum absolute atomic E-state index is 12.5. The van der Waals surface area contributed by atoms with Crippen LogP contribution >= 0.6 is 0 Å². The summed E-state index contributed by atoms with van der Waals surface area (Å²) in [6, 6.07) is 23.8. The van der Waals surface area contributed by atoms with Gasteiger partial charge in [-0.2, -0.15) is 4.73 Å². The first-order valence-corrected chi connectivity index (χ1v) is 7.88. The maximum Gasteiger partial charge on any atom is 0.250 e. The minimum absolute atomic E-state index is 0.592. The van der Waals surface area contributed by atoms with Gasteiger partial charge in [0.05, 0.1) is 0 Å². The largest absolute Gasteiger partial charge is 0.618 e. The lowest BCUT2D eigenvalue weighted by atomic mass is 9.99. The third-order valence-electron chi connectivity index (χ3n) is 4.14. The number of hydrogen-bond acceptors (Lipinski definition) is 2. The van der Waals surface area contributed by atoms with E-state index < -0.39 is 0 Å². The Morgan fingerprint density at radius 2 is 1.46 bits per heavy atom. The van der Waals surface area contributed by atoms with E-state index in [0.717, 1.165) is 38.0 Å². The molecule has 4 rings (SSSR count). The third-order valence-corrected chi connectivity index (χ3v) is 4.14. The summed E-state index contributed by atoms with van der Waals surface area (Å²) < 4.78 is 0.902. The van der Waals surface area contributed by atoms with Crippen LogP contribution < -0.4 is 4.73 Å². The van der Waals surface area contributed by atoms with Gasteiger partial charge < -0.3 is 5.21 Å². The summed E-state index contributed by atoms with van der Waals surface area (Å²) in [6.45, 7) is 1.96. The summed E-state index contributed by atoms with van der Waals surface area (Å²) in [5.74, 6) is 0.